The molecule has 0 spiro atoms. The predicted molar refractivity (Wildman–Crippen MR) is 94.6 cm³/mol. The van der Waals surface area contributed by atoms with E-state index in [4.69, 9.17) is 10.8 Å². The highest BCUT2D eigenvalue weighted by atomic mass is 32.1. The fourth-order valence-electron chi connectivity index (χ4n) is 2.51. The van der Waals surface area contributed by atoms with Crippen LogP contribution in [0.5, 0.6) is 0 Å². The van der Waals surface area contributed by atoms with Gasteiger partial charge in [0.05, 0.1) is 23.2 Å². The molecule has 0 aliphatic carbocycles. The molecule has 0 bridgehead atoms. The van der Waals surface area contributed by atoms with Gasteiger partial charge in [-0.2, -0.15) is 5.10 Å². The standard InChI is InChI=1S/C17H19FN4OS/c1-10-15(6-12(19)9-23)24-17-14(8-21-22-16(10)17)20-7-11-4-2-3-5-13(11)18/h2-5,8,12,23H,6-7,9,19H2,1H3,(H,20,22)/t12-/m1/s1. The number of aliphatic hydroxyl groups excluding tert-OH is 1. The number of hydrogen-bond acceptors (Lipinski definition) is 6. The first-order valence-electron chi connectivity index (χ1n) is 7.67. The van der Waals surface area contributed by atoms with E-state index in [1.807, 2.05) is 13.0 Å². The summed E-state index contributed by atoms with van der Waals surface area (Å²) in [5, 5.41) is 20.6. The third-order valence-corrected chi connectivity index (χ3v) is 5.25. The van der Waals surface area contributed by atoms with E-state index in [1.165, 1.54) is 6.07 Å². The molecule has 7 heteroatoms. The Morgan fingerprint density at radius 1 is 1.38 bits per heavy atom. The van der Waals surface area contributed by atoms with Gasteiger partial charge >= 0.3 is 0 Å². The molecule has 126 valence electrons. The summed E-state index contributed by atoms with van der Waals surface area (Å²) in [4.78, 5) is 1.08. The monoisotopic (exact) mass is 346 g/mol. The van der Waals surface area contributed by atoms with Crippen molar-refractivity contribution in [3.8, 4) is 0 Å². The molecule has 1 aromatic carbocycles. The Labute approximate surface area is 143 Å². The fourth-order valence-corrected chi connectivity index (χ4v) is 3.83. The molecular weight excluding hydrogens is 327 g/mol. The molecule has 3 aromatic rings. The third-order valence-electron chi connectivity index (χ3n) is 3.91. The molecule has 24 heavy (non-hydrogen) atoms. The molecule has 0 fully saturated rings. The number of aromatic nitrogens is 2. The molecule has 0 radical (unpaired) electrons. The first-order chi connectivity index (χ1) is 11.6. The molecule has 4 N–H and O–H groups in total. The van der Waals surface area contributed by atoms with Crippen LogP contribution in [0.3, 0.4) is 0 Å². The maximum absolute atomic E-state index is 13.8. The minimum absolute atomic E-state index is 0.0578. The van der Waals surface area contributed by atoms with Gasteiger partial charge in [0.1, 0.15) is 11.3 Å². The number of hydrogen-bond donors (Lipinski definition) is 3. The summed E-state index contributed by atoms with van der Waals surface area (Å²) in [6, 6.07) is 6.38. The average molecular weight is 346 g/mol. The Morgan fingerprint density at radius 2 is 2.17 bits per heavy atom. The van der Waals surface area contributed by atoms with Crippen LogP contribution < -0.4 is 11.1 Å². The number of anilines is 1. The van der Waals surface area contributed by atoms with Crippen LogP contribution in [0, 0.1) is 12.7 Å². The first kappa shape index (κ1) is 16.8. The highest BCUT2D eigenvalue weighted by Gasteiger charge is 2.15. The number of nitrogens with two attached hydrogens (primary N) is 1. The molecule has 5 nitrogen and oxygen atoms in total. The summed E-state index contributed by atoms with van der Waals surface area (Å²) in [5.41, 5.74) is 9.11. The number of rotatable bonds is 6. The van der Waals surface area contributed by atoms with Gasteiger partial charge in [0.25, 0.3) is 0 Å². The summed E-state index contributed by atoms with van der Waals surface area (Å²) in [6.45, 7) is 2.29. The normalized spacial score (nSPS) is 12.5. The second kappa shape index (κ2) is 7.21. The largest absolute Gasteiger partial charge is 0.395 e. The van der Waals surface area contributed by atoms with E-state index in [0.717, 1.165) is 26.3 Å². The van der Waals surface area contributed by atoms with Crippen molar-refractivity contribution in [1.29, 1.82) is 0 Å². The Kier molecular flexibility index (Phi) is 5.03. The predicted octanol–water partition coefficient (Wildman–Crippen LogP) is 2.61. The zero-order chi connectivity index (χ0) is 17.1. The quantitative estimate of drug-likeness (QED) is 0.639. The average Bonchev–Trinajstić information content (AvgIpc) is 2.91. The van der Waals surface area contributed by atoms with Crippen molar-refractivity contribution in [2.24, 2.45) is 5.73 Å². The number of nitrogens with one attached hydrogen (secondary N) is 1. The summed E-state index contributed by atoms with van der Waals surface area (Å²) in [6.07, 6.45) is 2.24. The first-order valence-corrected chi connectivity index (χ1v) is 8.49. The third kappa shape index (κ3) is 3.38. The molecule has 3 rings (SSSR count). The van der Waals surface area contributed by atoms with E-state index < -0.39 is 0 Å². The molecule has 1 atom stereocenters. The number of halogens is 1. The van der Waals surface area contributed by atoms with Crippen LogP contribution in [0.25, 0.3) is 10.2 Å². The smallest absolute Gasteiger partial charge is 0.128 e. The number of fused-ring (bicyclic) bond motifs is 1. The van der Waals surface area contributed by atoms with Crippen molar-refractivity contribution in [2.45, 2.75) is 25.9 Å². The van der Waals surface area contributed by atoms with E-state index >= 15 is 0 Å². The van der Waals surface area contributed by atoms with Crippen LogP contribution >= 0.6 is 11.3 Å². The summed E-state index contributed by atoms with van der Waals surface area (Å²) in [5.74, 6) is -0.236. The second-order valence-corrected chi connectivity index (χ2v) is 6.78. The maximum Gasteiger partial charge on any atom is 0.128 e. The van der Waals surface area contributed by atoms with E-state index in [1.54, 1.807) is 29.7 Å². The molecule has 0 aliphatic rings. The zero-order valence-corrected chi connectivity index (χ0v) is 14.1. The van der Waals surface area contributed by atoms with Crippen molar-refractivity contribution in [2.75, 3.05) is 11.9 Å². The maximum atomic E-state index is 13.8. The SMILES string of the molecule is Cc1c(C[C@@H](N)CO)sc2c(NCc3ccccc3F)cnnc12. The molecular formula is C17H19FN4OS. The van der Waals surface area contributed by atoms with Crippen LogP contribution in [-0.4, -0.2) is 28.0 Å². The zero-order valence-electron chi connectivity index (χ0n) is 13.3. The lowest BCUT2D eigenvalue weighted by Crippen LogP contribution is -2.26. The second-order valence-electron chi connectivity index (χ2n) is 5.68. The lowest BCUT2D eigenvalue weighted by atomic mass is 10.1. The molecule has 2 heterocycles. The lowest BCUT2D eigenvalue weighted by molar-refractivity contribution is 0.265. The number of aryl methyl sites for hydroxylation is 1. The fraction of sp³-hybridized carbons (Fsp3) is 0.294. The molecule has 0 saturated heterocycles. The lowest BCUT2D eigenvalue weighted by Gasteiger charge is -2.07. The number of aliphatic hydroxyl groups is 1. The molecule has 0 amide bonds. The summed E-state index contributed by atoms with van der Waals surface area (Å²) < 4.78 is 14.7. The van der Waals surface area contributed by atoms with Gasteiger partial charge in [-0.25, -0.2) is 4.39 Å². The van der Waals surface area contributed by atoms with Gasteiger partial charge in [-0.1, -0.05) is 18.2 Å². The summed E-state index contributed by atoms with van der Waals surface area (Å²) >= 11 is 1.58. The summed E-state index contributed by atoms with van der Waals surface area (Å²) in [7, 11) is 0. The van der Waals surface area contributed by atoms with Crippen molar-refractivity contribution in [1.82, 2.24) is 10.2 Å². The minimum atomic E-state index is -0.292. The van der Waals surface area contributed by atoms with Gasteiger partial charge in [0, 0.05) is 23.0 Å². The topological polar surface area (TPSA) is 84.1 Å². The number of nitrogens with zero attached hydrogens (tertiary/aromatic N) is 2. The Morgan fingerprint density at radius 3 is 2.92 bits per heavy atom. The highest BCUT2D eigenvalue weighted by molar-refractivity contribution is 7.19. The van der Waals surface area contributed by atoms with E-state index in [2.05, 4.69) is 15.5 Å². The molecule has 0 aliphatic heterocycles. The Balaban J connectivity index is 1.88. The van der Waals surface area contributed by atoms with Crippen LogP contribution in [0.2, 0.25) is 0 Å². The van der Waals surface area contributed by atoms with E-state index in [0.29, 0.717) is 18.5 Å². The van der Waals surface area contributed by atoms with Gasteiger partial charge in [-0.05, 0) is 25.0 Å². The minimum Gasteiger partial charge on any atom is -0.395 e. The van der Waals surface area contributed by atoms with Gasteiger partial charge in [0.15, 0.2) is 0 Å². The van der Waals surface area contributed by atoms with Gasteiger partial charge in [0.2, 0.25) is 0 Å². The molecule has 0 saturated carbocycles. The highest BCUT2D eigenvalue weighted by Crippen LogP contribution is 2.34. The van der Waals surface area contributed by atoms with Gasteiger partial charge in [-0.15, -0.1) is 16.4 Å². The van der Waals surface area contributed by atoms with Crippen molar-refractivity contribution >= 4 is 27.2 Å². The van der Waals surface area contributed by atoms with Crippen molar-refractivity contribution < 1.29 is 9.50 Å². The van der Waals surface area contributed by atoms with E-state index in [-0.39, 0.29) is 18.5 Å². The Hall–Kier alpha value is -2.09. The molecule has 0 unspecified atom stereocenters. The Bertz CT molecular complexity index is 852. The number of thiophene rings is 1. The number of benzene rings is 1. The van der Waals surface area contributed by atoms with Crippen molar-refractivity contribution in [3.63, 3.8) is 0 Å². The van der Waals surface area contributed by atoms with Crippen LogP contribution in [0.1, 0.15) is 16.0 Å². The van der Waals surface area contributed by atoms with Crippen LogP contribution in [0.4, 0.5) is 10.1 Å². The van der Waals surface area contributed by atoms with Gasteiger partial charge in [-0.3, -0.25) is 0 Å². The van der Waals surface area contributed by atoms with Crippen LogP contribution in [0.15, 0.2) is 30.5 Å². The van der Waals surface area contributed by atoms with Crippen LogP contribution in [-0.2, 0) is 13.0 Å². The van der Waals surface area contributed by atoms with E-state index in [9.17, 15) is 4.39 Å². The van der Waals surface area contributed by atoms with Gasteiger partial charge < -0.3 is 16.2 Å². The molecule has 2 aromatic heterocycles. The van der Waals surface area contributed by atoms with Crippen molar-refractivity contribution in [3.05, 3.63) is 52.3 Å².